The lowest BCUT2D eigenvalue weighted by Gasteiger charge is -2.40. The van der Waals surface area contributed by atoms with E-state index in [1.165, 1.54) is 12.8 Å². The maximum absolute atomic E-state index is 13.1. The Labute approximate surface area is 208 Å². The minimum atomic E-state index is -0.275. The third-order valence-corrected chi connectivity index (χ3v) is 7.86. The van der Waals surface area contributed by atoms with Gasteiger partial charge in [-0.3, -0.25) is 24.8 Å². The number of nitrogens with one attached hydrogen (secondary N) is 2. The fourth-order valence-electron chi connectivity index (χ4n) is 5.58. The van der Waals surface area contributed by atoms with Crippen LogP contribution in [0.3, 0.4) is 0 Å². The first-order chi connectivity index (χ1) is 17.6. The van der Waals surface area contributed by atoms with Gasteiger partial charge in [0.2, 0.25) is 17.8 Å². The number of likely N-dealkylation sites (tertiary alicyclic amines) is 1. The minimum absolute atomic E-state index is 0.0986. The number of carbonyl (C=O) groups excluding carboxylic acids is 1. The second kappa shape index (κ2) is 8.47. The van der Waals surface area contributed by atoms with Gasteiger partial charge in [0.25, 0.3) is 0 Å². The number of Topliss-reactive ketones (excluding diaryl/α,β-unsaturated/α-hetero) is 1. The number of likely N-dealkylation sites (N-methyl/N-ethyl adjacent to an activating group) is 1. The number of hydrogen-bond donors (Lipinski definition) is 2. The smallest absolute Gasteiger partial charge is 0.235 e. The second-order valence-corrected chi connectivity index (χ2v) is 10.3. The molecule has 0 radical (unpaired) electrons. The highest BCUT2D eigenvalue weighted by molar-refractivity contribution is 5.89. The van der Waals surface area contributed by atoms with Gasteiger partial charge in [0.15, 0.2) is 11.6 Å². The van der Waals surface area contributed by atoms with E-state index in [1.54, 1.807) is 18.6 Å². The van der Waals surface area contributed by atoms with Crippen LogP contribution in [0.4, 0.5) is 23.7 Å². The summed E-state index contributed by atoms with van der Waals surface area (Å²) in [5, 5.41) is 10.8. The highest BCUT2D eigenvalue weighted by Gasteiger charge is 2.43. The number of nitrogens with zero attached hydrogens (tertiary/aromatic N) is 9. The summed E-state index contributed by atoms with van der Waals surface area (Å²) < 4.78 is 0. The Bertz CT molecular complexity index is 1270. The van der Waals surface area contributed by atoms with Crippen molar-refractivity contribution in [1.82, 2.24) is 40.0 Å². The number of aromatic nitrogens is 7. The summed E-state index contributed by atoms with van der Waals surface area (Å²) in [5.41, 5.74) is 1.82. The van der Waals surface area contributed by atoms with Gasteiger partial charge < -0.3 is 15.1 Å². The molecule has 0 aromatic carbocycles. The van der Waals surface area contributed by atoms with Crippen molar-refractivity contribution < 1.29 is 4.79 Å². The highest BCUT2D eigenvalue weighted by atomic mass is 16.1. The van der Waals surface area contributed by atoms with Crippen molar-refractivity contribution in [2.75, 3.05) is 41.8 Å². The fourth-order valence-corrected chi connectivity index (χ4v) is 5.58. The van der Waals surface area contributed by atoms with Crippen LogP contribution in [0.5, 0.6) is 0 Å². The first kappa shape index (κ1) is 21.6. The standard InChI is InChI=1S/C24H29N11O/c1-33-12-17-9-16(33)13-35(17)24-29-22(27-21-10-18(31-32-21)14-2-3-14)28-23(30-24)34-7-4-19(34)20(36)8-15-11-25-5-6-26-15/h5-6,10-11,14,16-17,19H,2-4,7-9,12-13H2,1H3,(H2,27,28,29,30,31,32)/t16?,17?,19-/m0/s1. The summed E-state index contributed by atoms with van der Waals surface area (Å²) in [5.74, 6) is 3.01. The lowest BCUT2D eigenvalue weighted by atomic mass is 9.96. The Morgan fingerprint density at radius 2 is 1.94 bits per heavy atom. The van der Waals surface area contributed by atoms with Gasteiger partial charge in [0.05, 0.1) is 18.2 Å². The number of anilines is 4. The number of H-pyrrole nitrogens is 1. The van der Waals surface area contributed by atoms with E-state index in [-0.39, 0.29) is 18.2 Å². The minimum Gasteiger partial charge on any atom is -0.335 e. The molecule has 2 N–H and O–H groups in total. The van der Waals surface area contributed by atoms with Gasteiger partial charge in [-0.05, 0) is 32.7 Å². The van der Waals surface area contributed by atoms with Crippen molar-refractivity contribution in [2.24, 2.45) is 0 Å². The van der Waals surface area contributed by atoms with Crippen LogP contribution < -0.4 is 15.1 Å². The van der Waals surface area contributed by atoms with Crippen molar-refractivity contribution >= 4 is 29.4 Å². The van der Waals surface area contributed by atoms with Crippen molar-refractivity contribution in [2.45, 2.75) is 56.1 Å². The SMILES string of the molecule is CN1CC2CC1CN2c1nc(Nc2cc(C3CC3)[nH]n2)nc(N2CC[C@H]2C(=O)Cc2cnccn2)n1. The van der Waals surface area contributed by atoms with Crippen molar-refractivity contribution in [3.63, 3.8) is 0 Å². The maximum atomic E-state index is 13.1. The summed E-state index contributed by atoms with van der Waals surface area (Å²) in [6, 6.07) is 2.66. The zero-order chi connectivity index (χ0) is 24.2. The Kier molecular flexibility index (Phi) is 5.08. The number of rotatable bonds is 8. The topological polar surface area (TPSA) is 132 Å². The molecule has 186 valence electrons. The van der Waals surface area contributed by atoms with Crippen molar-refractivity contribution in [1.29, 1.82) is 0 Å². The average Bonchev–Trinajstić information content (AvgIpc) is 3.28. The normalized spacial score (nSPS) is 25.3. The zero-order valence-electron chi connectivity index (χ0n) is 20.2. The molecule has 6 heterocycles. The molecule has 0 spiro atoms. The van der Waals surface area contributed by atoms with E-state index in [4.69, 9.17) is 15.0 Å². The lowest BCUT2D eigenvalue weighted by molar-refractivity contribution is -0.120. The van der Waals surface area contributed by atoms with Crippen LogP contribution >= 0.6 is 0 Å². The van der Waals surface area contributed by atoms with Crippen LogP contribution in [0.15, 0.2) is 24.7 Å². The molecule has 2 bridgehead atoms. The van der Waals surface area contributed by atoms with Crippen molar-refractivity contribution in [3.8, 4) is 0 Å². The Morgan fingerprint density at radius 1 is 1.08 bits per heavy atom. The number of ketones is 1. The van der Waals surface area contributed by atoms with Crippen LogP contribution in [0.25, 0.3) is 0 Å². The molecule has 36 heavy (non-hydrogen) atoms. The highest BCUT2D eigenvalue weighted by Crippen LogP contribution is 2.40. The quantitative estimate of drug-likeness (QED) is 0.476. The van der Waals surface area contributed by atoms with Crippen LogP contribution in [-0.4, -0.2) is 90.6 Å². The predicted molar refractivity (Wildman–Crippen MR) is 132 cm³/mol. The molecular formula is C24H29N11O. The Balaban J connectivity index is 1.16. The fraction of sp³-hybridized carbons (Fsp3) is 0.542. The summed E-state index contributed by atoms with van der Waals surface area (Å²) in [6.45, 7) is 2.62. The molecule has 3 aromatic heterocycles. The molecule has 4 aliphatic rings. The molecule has 12 nitrogen and oxygen atoms in total. The molecule has 3 aromatic rings. The molecule has 2 unspecified atom stereocenters. The van der Waals surface area contributed by atoms with Gasteiger partial charge in [-0.25, -0.2) is 0 Å². The monoisotopic (exact) mass is 487 g/mol. The number of piperazine rings is 1. The molecule has 12 heteroatoms. The summed E-state index contributed by atoms with van der Waals surface area (Å²) in [4.78, 5) is 42.5. The predicted octanol–water partition coefficient (Wildman–Crippen LogP) is 1.29. The molecule has 1 aliphatic carbocycles. The van der Waals surface area contributed by atoms with E-state index in [0.717, 1.165) is 38.2 Å². The van der Waals surface area contributed by atoms with E-state index >= 15 is 0 Å². The van der Waals surface area contributed by atoms with Crippen LogP contribution in [0, 0.1) is 0 Å². The van der Waals surface area contributed by atoms with Crippen LogP contribution in [-0.2, 0) is 11.2 Å². The van der Waals surface area contributed by atoms with Gasteiger partial charge in [0, 0.05) is 68.0 Å². The third-order valence-electron chi connectivity index (χ3n) is 7.86. The van der Waals surface area contributed by atoms with Gasteiger partial charge >= 0.3 is 0 Å². The number of carbonyl (C=O) groups is 1. The molecule has 7 rings (SSSR count). The van der Waals surface area contributed by atoms with Gasteiger partial charge in [-0.1, -0.05) is 0 Å². The van der Waals surface area contributed by atoms with Crippen LogP contribution in [0.2, 0.25) is 0 Å². The molecule has 0 amide bonds. The molecule has 3 aliphatic heterocycles. The van der Waals surface area contributed by atoms with E-state index in [2.05, 4.69) is 42.3 Å². The van der Waals surface area contributed by atoms with E-state index < -0.39 is 0 Å². The maximum Gasteiger partial charge on any atom is 0.235 e. The number of hydrogen-bond acceptors (Lipinski definition) is 11. The number of fused-ring (bicyclic) bond motifs is 2. The number of aromatic amines is 1. The molecule has 4 fully saturated rings. The second-order valence-electron chi connectivity index (χ2n) is 10.3. The third kappa shape index (κ3) is 3.94. The summed E-state index contributed by atoms with van der Waals surface area (Å²) in [7, 11) is 2.18. The van der Waals surface area contributed by atoms with E-state index in [1.807, 2.05) is 11.0 Å². The summed E-state index contributed by atoms with van der Waals surface area (Å²) >= 11 is 0. The summed E-state index contributed by atoms with van der Waals surface area (Å²) in [6.07, 6.45) is 9.40. The lowest BCUT2D eigenvalue weighted by Crippen LogP contribution is -2.54. The first-order valence-electron chi connectivity index (χ1n) is 12.7. The van der Waals surface area contributed by atoms with Gasteiger partial charge in [-0.2, -0.15) is 20.1 Å². The van der Waals surface area contributed by atoms with E-state index in [9.17, 15) is 4.79 Å². The van der Waals surface area contributed by atoms with Crippen molar-refractivity contribution in [3.05, 3.63) is 36.0 Å². The zero-order valence-corrected chi connectivity index (χ0v) is 20.2. The first-order valence-corrected chi connectivity index (χ1v) is 12.7. The van der Waals surface area contributed by atoms with Gasteiger partial charge in [-0.15, -0.1) is 0 Å². The Morgan fingerprint density at radius 3 is 2.61 bits per heavy atom. The molecule has 3 atom stereocenters. The van der Waals surface area contributed by atoms with Crippen LogP contribution in [0.1, 0.15) is 43.0 Å². The largest absolute Gasteiger partial charge is 0.335 e. The van der Waals surface area contributed by atoms with Gasteiger partial charge in [0.1, 0.15) is 0 Å². The molecule has 3 saturated heterocycles. The average molecular weight is 488 g/mol. The molecule has 1 saturated carbocycles. The molecular weight excluding hydrogens is 458 g/mol. The van der Waals surface area contributed by atoms with E-state index in [0.29, 0.717) is 47.4 Å². The Hall–Kier alpha value is -3.67.